The number of halogens is 1. The number of nitro groups is 1. The Morgan fingerprint density at radius 3 is 3.24 bits per heavy atom. The lowest BCUT2D eigenvalue weighted by molar-refractivity contribution is -0.527. The van der Waals surface area contributed by atoms with Crippen molar-refractivity contribution in [3.05, 3.63) is 25.7 Å². The van der Waals surface area contributed by atoms with E-state index in [0.29, 0.717) is 16.7 Å². The summed E-state index contributed by atoms with van der Waals surface area (Å²) in [6.45, 7) is 0.669. The van der Waals surface area contributed by atoms with Gasteiger partial charge in [0.05, 0.1) is 12.2 Å². The third-order valence-electron chi connectivity index (χ3n) is 1.92. The maximum Gasteiger partial charge on any atom is 0.261 e. The number of rotatable bonds is 3. The Balaban J connectivity index is 2.05. The summed E-state index contributed by atoms with van der Waals surface area (Å²) in [5, 5.41) is 11.5. The molecule has 0 fully saturated rings. The predicted molar refractivity (Wildman–Crippen MR) is 61.1 cm³/mol. The lowest BCUT2D eigenvalue weighted by atomic mass is 10.4. The number of hydrazine groups is 1. The van der Waals surface area contributed by atoms with Crippen LogP contribution in [0.15, 0.2) is 10.4 Å². The molecule has 0 aromatic carbocycles. The van der Waals surface area contributed by atoms with Crippen molar-refractivity contribution >= 4 is 28.9 Å². The van der Waals surface area contributed by atoms with Crippen LogP contribution in [0.4, 0.5) is 0 Å². The van der Waals surface area contributed by atoms with Gasteiger partial charge < -0.3 is 9.64 Å². The maximum absolute atomic E-state index is 10.4. The number of thiazole rings is 1. The van der Waals surface area contributed by atoms with Crippen LogP contribution in [0.2, 0.25) is 4.47 Å². The van der Waals surface area contributed by atoms with Crippen LogP contribution in [-0.4, -0.2) is 34.3 Å². The third kappa shape index (κ3) is 3.25. The van der Waals surface area contributed by atoms with Crippen LogP contribution in [-0.2, 0) is 11.3 Å². The molecule has 8 nitrogen and oxygen atoms in total. The monoisotopic (exact) mass is 277 g/mol. The second kappa shape index (κ2) is 5.25. The van der Waals surface area contributed by atoms with E-state index in [1.54, 1.807) is 10.3 Å². The van der Waals surface area contributed by atoms with Crippen LogP contribution in [0.5, 0.6) is 0 Å². The SMILES string of the molecule is O=[N+]([O-])NC1=NCOCN1Cc1csc(Cl)n1. The van der Waals surface area contributed by atoms with E-state index >= 15 is 0 Å². The van der Waals surface area contributed by atoms with E-state index in [0.717, 1.165) is 0 Å². The molecule has 0 atom stereocenters. The van der Waals surface area contributed by atoms with Gasteiger partial charge in [0.1, 0.15) is 13.5 Å². The Morgan fingerprint density at radius 2 is 2.59 bits per heavy atom. The largest absolute Gasteiger partial charge is 0.339 e. The van der Waals surface area contributed by atoms with Gasteiger partial charge in [0.25, 0.3) is 5.96 Å². The molecular weight excluding hydrogens is 270 g/mol. The van der Waals surface area contributed by atoms with Crippen LogP contribution >= 0.6 is 22.9 Å². The lowest BCUT2D eigenvalue weighted by Gasteiger charge is -2.25. The van der Waals surface area contributed by atoms with Gasteiger partial charge in [-0.3, -0.25) is 0 Å². The molecule has 17 heavy (non-hydrogen) atoms. The van der Waals surface area contributed by atoms with Crippen molar-refractivity contribution in [3.63, 3.8) is 0 Å². The molecule has 92 valence electrons. The summed E-state index contributed by atoms with van der Waals surface area (Å²) in [5.74, 6) is 0.158. The summed E-state index contributed by atoms with van der Waals surface area (Å²) in [6, 6.07) is 0. The van der Waals surface area contributed by atoms with Crippen LogP contribution in [0.25, 0.3) is 0 Å². The fourth-order valence-corrected chi connectivity index (χ4v) is 2.05. The van der Waals surface area contributed by atoms with Gasteiger partial charge in [-0.1, -0.05) is 17.0 Å². The summed E-state index contributed by atoms with van der Waals surface area (Å²) in [4.78, 5) is 19.9. The molecule has 0 saturated heterocycles. The molecule has 0 bridgehead atoms. The van der Waals surface area contributed by atoms with Crippen molar-refractivity contribution in [2.45, 2.75) is 6.54 Å². The predicted octanol–water partition coefficient (Wildman–Crippen LogP) is 0.681. The molecule has 1 aliphatic heterocycles. The molecule has 0 amide bonds. The molecule has 10 heteroatoms. The zero-order chi connectivity index (χ0) is 12.3. The molecule has 1 N–H and O–H groups in total. The van der Waals surface area contributed by atoms with Crippen molar-refractivity contribution in [1.82, 2.24) is 15.3 Å². The van der Waals surface area contributed by atoms with E-state index < -0.39 is 5.03 Å². The molecule has 0 saturated carbocycles. The molecule has 0 aliphatic carbocycles. The number of aliphatic imine (C=N–C) groups is 1. The summed E-state index contributed by atoms with van der Waals surface area (Å²) in [7, 11) is 0. The summed E-state index contributed by atoms with van der Waals surface area (Å²) >= 11 is 7.00. The number of nitrogens with one attached hydrogen (secondary N) is 1. The number of ether oxygens (including phenoxy) is 1. The molecule has 0 radical (unpaired) electrons. The Bertz CT molecular complexity index is 450. The van der Waals surface area contributed by atoms with Crippen molar-refractivity contribution in [1.29, 1.82) is 0 Å². The van der Waals surface area contributed by atoms with Gasteiger partial charge in [-0.15, -0.1) is 11.3 Å². The third-order valence-corrected chi connectivity index (χ3v) is 2.95. The number of hydrogen-bond acceptors (Lipinski definition) is 7. The Hall–Kier alpha value is -1.45. The summed E-state index contributed by atoms with van der Waals surface area (Å²) in [6.07, 6.45) is 0. The van der Waals surface area contributed by atoms with Gasteiger partial charge in [-0.25, -0.2) is 20.1 Å². The van der Waals surface area contributed by atoms with Gasteiger partial charge in [0, 0.05) is 5.38 Å². The average Bonchev–Trinajstić information content (AvgIpc) is 2.66. The first kappa shape index (κ1) is 12.0. The zero-order valence-corrected chi connectivity index (χ0v) is 10.1. The maximum atomic E-state index is 10.4. The average molecular weight is 278 g/mol. The normalized spacial score (nSPS) is 15.6. The first-order chi connectivity index (χ1) is 8.15. The van der Waals surface area contributed by atoms with Gasteiger partial charge in [-0.05, 0) is 0 Å². The quantitative estimate of drug-likeness (QED) is 0.645. The van der Waals surface area contributed by atoms with Gasteiger partial charge in [0.2, 0.25) is 0 Å². The molecule has 2 heterocycles. The minimum Gasteiger partial charge on any atom is -0.339 e. The fourth-order valence-electron chi connectivity index (χ4n) is 1.28. The molecular formula is C7H8ClN5O3S. The highest BCUT2D eigenvalue weighted by molar-refractivity contribution is 7.13. The van der Waals surface area contributed by atoms with E-state index in [4.69, 9.17) is 16.3 Å². The molecule has 1 aromatic rings. The Kier molecular flexibility index (Phi) is 3.71. The minimum atomic E-state index is -0.662. The fraction of sp³-hybridized carbons (Fsp3) is 0.429. The first-order valence-electron chi connectivity index (χ1n) is 4.53. The van der Waals surface area contributed by atoms with Gasteiger partial charge >= 0.3 is 0 Å². The molecule has 0 unspecified atom stereocenters. The smallest absolute Gasteiger partial charge is 0.261 e. The highest BCUT2D eigenvalue weighted by Crippen LogP contribution is 2.16. The second-order valence-corrected chi connectivity index (χ2v) is 4.54. The first-order valence-corrected chi connectivity index (χ1v) is 5.79. The second-order valence-electron chi connectivity index (χ2n) is 3.10. The van der Waals surface area contributed by atoms with E-state index in [1.165, 1.54) is 11.3 Å². The standard InChI is InChI=1S/C7H8ClN5O3S/c8-6-10-5(2-17-6)1-12-4-16-3-9-7(12)11-13(14)15/h2H,1,3-4H2,(H,9,11). The number of aromatic nitrogens is 1. The molecule has 1 aliphatic rings. The number of nitrogens with zero attached hydrogens (tertiary/aromatic N) is 4. The topological polar surface area (TPSA) is 92.9 Å². The van der Waals surface area contributed by atoms with Crippen molar-refractivity contribution in [2.24, 2.45) is 4.99 Å². The number of hydrogen-bond donors (Lipinski definition) is 1. The zero-order valence-electron chi connectivity index (χ0n) is 8.50. The molecule has 2 rings (SSSR count). The van der Waals surface area contributed by atoms with E-state index in [-0.39, 0.29) is 19.4 Å². The van der Waals surface area contributed by atoms with Gasteiger partial charge in [0.15, 0.2) is 9.50 Å². The molecule has 0 spiro atoms. The highest BCUT2D eigenvalue weighted by atomic mass is 35.5. The van der Waals surface area contributed by atoms with Crippen LogP contribution in [0.3, 0.4) is 0 Å². The number of guanidine groups is 1. The Morgan fingerprint density at radius 1 is 1.76 bits per heavy atom. The lowest BCUT2D eigenvalue weighted by Crippen LogP contribution is -2.47. The highest BCUT2D eigenvalue weighted by Gasteiger charge is 2.20. The minimum absolute atomic E-state index is 0.102. The van der Waals surface area contributed by atoms with Gasteiger partial charge in [-0.2, -0.15) is 0 Å². The van der Waals surface area contributed by atoms with Crippen molar-refractivity contribution < 1.29 is 9.77 Å². The summed E-state index contributed by atoms with van der Waals surface area (Å²) < 4.78 is 5.52. The molecule has 1 aromatic heterocycles. The van der Waals surface area contributed by atoms with Crippen LogP contribution < -0.4 is 5.43 Å². The summed E-state index contributed by atoms with van der Waals surface area (Å²) in [5.41, 5.74) is 2.73. The van der Waals surface area contributed by atoms with Crippen molar-refractivity contribution in [2.75, 3.05) is 13.5 Å². The van der Waals surface area contributed by atoms with Crippen LogP contribution in [0, 0.1) is 10.1 Å². The van der Waals surface area contributed by atoms with E-state index in [9.17, 15) is 10.1 Å². The van der Waals surface area contributed by atoms with E-state index in [2.05, 4.69) is 9.98 Å². The van der Waals surface area contributed by atoms with Crippen molar-refractivity contribution in [3.8, 4) is 0 Å². The Labute approximate surface area is 105 Å². The van der Waals surface area contributed by atoms with Crippen LogP contribution in [0.1, 0.15) is 5.69 Å². The van der Waals surface area contributed by atoms with E-state index in [1.807, 2.05) is 5.43 Å².